The number of aliphatic hydroxyl groups excluding tert-OH is 2. The number of nitrogens with zero attached hydrogens (tertiary/aromatic N) is 1. The van der Waals surface area contributed by atoms with Crippen LogP contribution in [-0.4, -0.2) is 147 Å². The predicted octanol–water partition coefficient (Wildman–Crippen LogP) is 0.546. The van der Waals surface area contributed by atoms with Crippen LogP contribution in [0.25, 0.3) is 6.08 Å². The van der Waals surface area contributed by atoms with Crippen molar-refractivity contribution in [3.63, 3.8) is 0 Å². The first-order valence-corrected chi connectivity index (χ1v) is 20.4. The second-order valence-electron chi connectivity index (χ2n) is 12.5. The molecule has 2 aromatic rings. The number of carbonyl (C=O) groups excluding carboxylic acids is 3. The average Bonchev–Trinajstić information content (AvgIpc) is 3.20. The molecule has 0 saturated carbocycles. The second-order valence-corrected chi connectivity index (χ2v) is 14.2. The minimum absolute atomic E-state index is 0.0199. The minimum Gasteiger partial charge on any atom is -0.451 e. The first kappa shape index (κ1) is 51.7. The van der Waals surface area contributed by atoms with E-state index >= 15 is 0 Å². The molecule has 22 heteroatoms. The van der Waals surface area contributed by atoms with E-state index in [0.717, 1.165) is 12.1 Å². The van der Waals surface area contributed by atoms with E-state index in [0.29, 0.717) is 59.3 Å². The summed E-state index contributed by atoms with van der Waals surface area (Å²) in [6.07, 6.45) is -2.10. The zero-order chi connectivity index (χ0) is 44.3. The molecule has 60 heavy (non-hydrogen) atoms. The van der Waals surface area contributed by atoms with Gasteiger partial charge in [0.1, 0.15) is 11.9 Å². The number of ether oxygens (including phenoxy) is 7. The van der Waals surface area contributed by atoms with Gasteiger partial charge in [-0.2, -0.15) is 4.99 Å². The first-order valence-electron chi connectivity index (χ1n) is 18.9. The van der Waals surface area contributed by atoms with Crippen molar-refractivity contribution in [3.05, 3.63) is 59.2 Å². The van der Waals surface area contributed by atoms with E-state index in [1.165, 1.54) is 37.3 Å². The maximum atomic E-state index is 14.7. The number of ketones is 1. The van der Waals surface area contributed by atoms with E-state index in [-0.39, 0.29) is 67.7 Å². The Morgan fingerprint density at radius 1 is 0.783 bits per heavy atom. The zero-order valence-corrected chi connectivity index (χ0v) is 34.4. The summed E-state index contributed by atoms with van der Waals surface area (Å²) in [6.45, 7) is 6.75. The molecule has 0 heterocycles. The quantitative estimate of drug-likeness (QED) is 0.0253. The van der Waals surface area contributed by atoms with Crippen LogP contribution < -0.4 is 26.2 Å². The fourth-order valence-electron chi connectivity index (χ4n) is 4.71. The zero-order valence-electron chi connectivity index (χ0n) is 33.6. The SMILES string of the molecule is CCNC(=O)[C@H](O)[C@@H](O)C(=O)CCCOCCOCCOCCOCCOCCOCCNS(=O)(=O)c1ccc(Oc2c(F)cc(/C=C(\C)C(=O)N=C(N)N)cc2F)cc1. The molecule has 8 N–H and O–H groups in total. The molecule has 19 nitrogen and oxygen atoms in total. The van der Waals surface area contributed by atoms with Gasteiger partial charge in [-0.3, -0.25) is 14.4 Å². The molecule has 2 aromatic carbocycles. The Morgan fingerprint density at radius 3 is 1.75 bits per heavy atom. The molecule has 0 aromatic heterocycles. The Balaban J connectivity index is 1.47. The van der Waals surface area contributed by atoms with Crippen LogP contribution in [0.2, 0.25) is 0 Å². The lowest BCUT2D eigenvalue weighted by atomic mass is 10.1. The normalized spacial score (nSPS) is 12.8. The van der Waals surface area contributed by atoms with Gasteiger partial charge in [0.05, 0.1) is 77.6 Å². The van der Waals surface area contributed by atoms with Gasteiger partial charge in [-0.1, -0.05) is 0 Å². The van der Waals surface area contributed by atoms with Gasteiger partial charge in [0.2, 0.25) is 10.0 Å². The van der Waals surface area contributed by atoms with Gasteiger partial charge in [0, 0.05) is 31.7 Å². The summed E-state index contributed by atoms with van der Waals surface area (Å²) < 4.78 is 94.8. The van der Waals surface area contributed by atoms with E-state index in [4.69, 9.17) is 44.6 Å². The molecule has 2 atom stereocenters. The van der Waals surface area contributed by atoms with E-state index in [1.807, 2.05) is 0 Å². The number of benzene rings is 2. The largest absolute Gasteiger partial charge is 0.451 e. The van der Waals surface area contributed by atoms with E-state index in [1.54, 1.807) is 6.92 Å². The maximum Gasteiger partial charge on any atom is 0.275 e. The number of halogens is 2. The Kier molecular flexibility index (Phi) is 24.9. The number of rotatable bonds is 32. The van der Waals surface area contributed by atoms with Crippen LogP contribution in [0.1, 0.15) is 32.3 Å². The van der Waals surface area contributed by atoms with Crippen molar-refractivity contribution in [1.82, 2.24) is 10.0 Å². The van der Waals surface area contributed by atoms with Gasteiger partial charge in [-0.15, -0.1) is 0 Å². The molecule has 0 aliphatic rings. The fourth-order valence-corrected chi connectivity index (χ4v) is 5.72. The van der Waals surface area contributed by atoms with Gasteiger partial charge >= 0.3 is 0 Å². The number of likely N-dealkylation sites (N-methyl/N-ethyl adjacent to an activating group) is 1. The topological polar surface area (TPSA) is 279 Å². The van der Waals surface area contributed by atoms with Crippen molar-refractivity contribution in [3.8, 4) is 11.5 Å². The van der Waals surface area contributed by atoms with Crippen LogP contribution in [0.15, 0.2) is 51.9 Å². The van der Waals surface area contributed by atoms with E-state index in [2.05, 4.69) is 15.0 Å². The molecule has 0 spiro atoms. The molecule has 0 fully saturated rings. The third kappa shape index (κ3) is 20.7. The monoisotopic (exact) mass is 875 g/mol. The highest BCUT2D eigenvalue weighted by Gasteiger charge is 2.29. The smallest absolute Gasteiger partial charge is 0.275 e. The van der Waals surface area contributed by atoms with Crippen molar-refractivity contribution in [2.45, 2.75) is 43.8 Å². The molecule has 2 rings (SSSR count). The van der Waals surface area contributed by atoms with Gasteiger partial charge in [-0.25, -0.2) is 21.9 Å². The fraction of sp³-hybridized carbons (Fsp3) is 0.526. The first-order chi connectivity index (χ1) is 28.7. The van der Waals surface area contributed by atoms with Crippen molar-refractivity contribution in [2.24, 2.45) is 16.5 Å². The Bertz CT molecular complexity index is 1780. The number of nitrogens with one attached hydrogen (secondary N) is 2. The number of nitrogens with two attached hydrogens (primary N) is 2. The van der Waals surface area contributed by atoms with Crippen LogP contribution in [-0.2, 0) is 52.8 Å². The summed E-state index contributed by atoms with van der Waals surface area (Å²) in [7, 11) is -3.92. The highest BCUT2D eigenvalue weighted by molar-refractivity contribution is 7.89. The van der Waals surface area contributed by atoms with Gasteiger partial charge in [0.15, 0.2) is 35.2 Å². The molecular formula is C38H55F2N5O14S. The molecular weight excluding hydrogens is 821 g/mol. The maximum absolute atomic E-state index is 14.7. The molecule has 0 unspecified atom stereocenters. The number of hydrogen-bond donors (Lipinski definition) is 6. The summed E-state index contributed by atoms with van der Waals surface area (Å²) in [4.78, 5) is 38.5. The lowest BCUT2D eigenvalue weighted by molar-refractivity contribution is -0.144. The minimum atomic E-state index is -3.92. The molecule has 336 valence electrons. The van der Waals surface area contributed by atoms with Crippen molar-refractivity contribution < 1.29 is 75.0 Å². The number of sulfonamides is 1. The van der Waals surface area contributed by atoms with Gasteiger partial charge in [0.25, 0.3) is 11.8 Å². The third-order valence-corrected chi connectivity index (χ3v) is 9.16. The summed E-state index contributed by atoms with van der Waals surface area (Å²) in [5, 5.41) is 21.8. The Labute approximate surface area is 347 Å². The number of aliphatic imine (C=N–C) groups is 1. The number of carbonyl (C=O) groups is 3. The predicted molar refractivity (Wildman–Crippen MR) is 212 cm³/mol. The van der Waals surface area contributed by atoms with E-state index < -0.39 is 63.2 Å². The Morgan fingerprint density at radius 2 is 1.27 bits per heavy atom. The third-order valence-electron chi connectivity index (χ3n) is 7.68. The average molecular weight is 876 g/mol. The molecule has 0 aliphatic carbocycles. The lowest BCUT2D eigenvalue weighted by Gasteiger charge is -2.16. The summed E-state index contributed by atoms with van der Waals surface area (Å²) in [5.41, 5.74) is 10.4. The molecule has 0 radical (unpaired) electrons. The Hall–Kier alpha value is -4.49. The standard InChI is InChI=1S/C38H55F2N5O14S/c1-3-43-37(50)34(48)33(47)32(46)5-4-11-53-13-15-55-17-19-57-21-22-58-20-18-56-16-14-54-12-10-44-60(51,52)29-8-6-28(7-9-29)59-35-30(39)24-27(25-31(35)40)23-26(2)36(49)45-38(41)42/h6-9,23-25,33-34,44,47-48H,3-5,10-22H2,1-2H3,(H,43,50)(H4,41,42,45,49)/b26-23+/t33-,34+/m0/s1. The number of aliphatic hydroxyl groups is 2. The van der Waals surface area contributed by atoms with Crippen LogP contribution in [0.3, 0.4) is 0 Å². The number of amides is 2. The number of hydrogen-bond acceptors (Lipinski definition) is 14. The lowest BCUT2D eigenvalue weighted by Crippen LogP contribution is -2.45. The van der Waals surface area contributed by atoms with Crippen molar-refractivity contribution in [1.29, 1.82) is 0 Å². The summed E-state index contributed by atoms with van der Waals surface area (Å²) in [6, 6.07) is 6.79. The molecule has 0 saturated heterocycles. The number of Topliss-reactive ketones (excluding diaryl/α,β-unsaturated/α-hetero) is 1. The highest BCUT2D eigenvalue weighted by atomic mass is 32.2. The van der Waals surface area contributed by atoms with Crippen LogP contribution >= 0.6 is 0 Å². The molecule has 0 aliphatic heterocycles. The summed E-state index contributed by atoms with van der Waals surface area (Å²) in [5.74, 6) is -5.56. The molecule has 0 bridgehead atoms. The van der Waals surface area contributed by atoms with Gasteiger partial charge in [-0.05, 0) is 68.3 Å². The van der Waals surface area contributed by atoms with Crippen molar-refractivity contribution in [2.75, 3.05) is 92.4 Å². The van der Waals surface area contributed by atoms with Crippen molar-refractivity contribution >= 4 is 39.7 Å². The molecule has 2 amide bonds. The second kappa shape index (κ2) is 28.9. The highest BCUT2D eigenvalue weighted by Crippen LogP contribution is 2.30. The van der Waals surface area contributed by atoms with Gasteiger partial charge < -0.3 is 60.2 Å². The van der Waals surface area contributed by atoms with Crippen LogP contribution in [0, 0.1) is 11.6 Å². The summed E-state index contributed by atoms with van der Waals surface area (Å²) >= 11 is 0. The number of guanidine groups is 1. The van der Waals surface area contributed by atoms with E-state index in [9.17, 15) is 41.8 Å². The van der Waals surface area contributed by atoms with Crippen LogP contribution in [0.5, 0.6) is 11.5 Å². The van der Waals surface area contributed by atoms with Crippen LogP contribution in [0.4, 0.5) is 8.78 Å².